The predicted molar refractivity (Wildman–Crippen MR) is 81.8 cm³/mol. The van der Waals surface area contributed by atoms with Crippen molar-refractivity contribution >= 4 is 28.3 Å². The number of nitrogens with zero attached hydrogens (tertiary/aromatic N) is 2. The Bertz CT molecular complexity index is 779. The molecule has 0 amide bonds. The third-order valence-electron chi connectivity index (χ3n) is 3.24. The zero-order valence-corrected chi connectivity index (χ0v) is 12.3. The maximum atomic E-state index is 6.27. The van der Waals surface area contributed by atoms with Crippen LogP contribution in [0.1, 0.15) is 26.6 Å². The standard InChI is InChI=1S/C14H16ClN5/c1-14(2,3)13-17-10(11(15)18-13)7-4-5-8-9(6-7)19-20-12(8)16/h4-6H,1-3H3,(H,17,18)(H3,16,19,20). The lowest BCUT2D eigenvalue weighted by atomic mass is 9.96. The predicted octanol–water partition coefficient (Wildman–Crippen LogP) is 3.49. The van der Waals surface area contributed by atoms with Crippen molar-refractivity contribution in [1.29, 1.82) is 0 Å². The Morgan fingerprint density at radius 2 is 2.00 bits per heavy atom. The summed E-state index contributed by atoms with van der Waals surface area (Å²) in [5.41, 5.74) is 8.23. The maximum Gasteiger partial charge on any atom is 0.153 e. The molecule has 104 valence electrons. The fraction of sp³-hybridized carbons (Fsp3) is 0.286. The summed E-state index contributed by atoms with van der Waals surface area (Å²) in [6.07, 6.45) is 0. The number of hydrogen-bond acceptors (Lipinski definition) is 3. The molecule has 0 fully saturated rings. The van der Waals surface area contributed by atoms with E-state index < -0.39 is 0 Å². The van der Waals surface area contributed by atoms with Gasteiger partial charge in [0.25, 0.3) is 0 Å². The van der Waals surface area contributed by atoms with E-state index in [0.717, 1.165) is 28.0 Å². The van der Waals surface area contributed by atoms with Gasteiger partial charge in [0.2, 0.25) is 0 Å². The smallest absolute Gasteiger partial charge is 0.153 e. The molecule has 6 heteroatoms. The van der Waals surface area contributed by atoms with Gasteiger partial charge in [0.1, 0.15) is 16.7 Å². The summed E-state index contributed by atoms with van der Waals surface area (Å²) in [7, 11) is 0. The average Bonchev–Trinajstić information content (AvgIpc) is 2.93. The number of nitrogen functional groups attached to an aromatic ring is 1. The first-order chi connectivity index (χ1) is 9.36. The number of nitrogens with two attached hydrogens (primary N) is 1. The molecule has 5 nitrogen and oxygen atoms in total. The van der Waals surface area contributed by atoms with E-state index in [1.807, 2.05) is 18.2 Å². The minimum atomic E-state index is -0.0790. The van der Waals surface area contributed by atoms with Crippen LogP contribution in [0.25, 0.3) is 22.2 Å². The van der Waals surface area contributed by atoms with Gasteiger partial charge < -0.3 is 10.7 Å². The first-order valence-electron chi connectivity index (χ1n) is 6.36. The average molecular weight is 290 g/mol. The lowest BCUT2D eigenvalue weighted by molar-refractivity contribution is 0.553. The molecule has 0 saturated carbocycles. The van der Waals surface area contributed by atoms with E-state index in [9.17, 15) is 0 Å². The molecule has 2 heterocycles. The van der Waals surface area contributed by atoms with E-state index >= 15 is 0 Å². The molecule has 0 aliphatic heterocycles. The number of fused-ring (bicyclic) bond motifs is 1. The van der Waals surface area contributed by atoms with Crippen LogP contribution in [0.2, 0.25) is 5.15 Å². The van der Waals surface area contributed by atoms with Crippen molar-refractivity contribution in [2.45, 2.75) is 26.2 Å². The van der Waals surface area contributed by atoms with Crippen LogP contribution < -0.4 is 5.73 Å². The van der Waals surface area contributed by atoms with E-state index in [-0.39, 0.29) is 5.41 Å². The summed E-state index contributed by atoms with van der Waals surface area (Å²) < 4.78 is 0. The Morgan fingerprint density at radius 3 is 2.65 bits per heavy atom. The highest BCUT2D eigenvalue weighted by Crippen LogP contribution is 2.32. The van der Waals surface area contributed by atoms with Gasteiger partial charge in [0.05, 0.1) is 5.52 Å². The number of H-pyrrole nitrogens is 2. The third-order valence-corrected chi connectivity index (χ3v) is 3.51. The minimum absolute atomic E-state index is 0.0790. The monoisotopic (exact) mass is 289 g/mol. The molecule has 20 heavy (non-hydrogen) atoms. The molecule has 4 N–H and O–H groups in total. The lowest BCUT2D eigenvalue weighted by Gasteiger charge is -2.13. The van der Waals surface area contributed by atoms with Crippen LogP contribution in [-0.4, -0.2) is 20.2 Å². The van der Waals surface area contributed by atoms with E-state index in [1.165, 1.54) is 0 Å². The number of hydrogen-bond donors (Lipinski definition) is 3. The molecular formula is C14H16ClN5. The Kier molecular flexibility index (Phi) is 2.76. The fourth-order valence-electron chi connectivity index (χ4n) is 2.09. The zero-order chi connectivity index (χ0) is 14.5. The van der Waals surface area contributed by atoms with Crippen molar-refractivity contribution in [2.75, 3.05) is 5.73 Å². The SMILES string of the molecule is CC(C)(C)c1nc(-c2ccc3c(N)n[nH]c3c2)c(Cl)[nH]1. The fourth-order valence-corrected chi connectivity index (χ4v) is 2.33. The van der Waals surface area contributed by atoms with Gasteiger partial charge in [-0.15, -0.1) is 0 Å². The summed E-state index contributed by atoms with van der Waals surface area (Å²) in [6, 6.07) is 5.82. The topological polar surface area (TPSA) is 83.4 Å². The van der Waals surface area contributed by atoms with Crippen LogP contribution in [0, 0.1) is 0 Å². The van der Waals surface area contributed by atoms with Crippen molar-refractivity contribution in [3.05, 3.63) is 29.2 Å². The van der Waals surface area contributed by atoms with Crippen molar-refractivity contribution in [3.63, 3.8) is 0 Å². The summed E-state index contributed by atoms with van der Waals surface area (Å²) in [6.45, 7) is 6.26. The van der Waals surface area contributed by atoms with Gasteiger partial charge in [-0.25, -0.2) is 4.98 Å². The Morgan fingerprint density at radius 1 is 1.25 bits per heavy atom. The Hall–Kier alpha value is -2.01. The second kappa shape index (κ2) is 4.24. The van der Waals surface area contributed by atoms with Crippen LogP contribution >= 0.6 is 11.6 Å². The second-order valence-corrected chi connectivity index (χ2v) is 6.25. The van der Waals surface area contributed by atoms with Gasteiger partial charge in [-0.3, -0.25) is 5.10 Å². The quantitative estimate of drug-likeness (QED) is 0.641. The van der Waals surface area contributed by atoms with Gasteiger partial charge in [-0.2, -0.15) is 5.10 Å². The Balaban J connectivity index is 2.13. The van der Waals surface area contributed by atoms with E-state index in [4.69, 9.17) is 17.3 Å². The molecule has 0 aliphatic carbocycles. The molecule has 0 atom stereocenters. The van der Waals surface area contributed by atoms with Gasteiger partial charge in [-0.1, -0.05) is 38.4 Å². The summed E-state index contributed by atoms with van der Waals surface area (Å²) in [4.78, 5) is 7.75. The van der Waals surface area contributed by atoms with Crippen LogP contribution in [0.5, 0.6) is 0 Å². The molecule has 0 bridgehead atoms. The highest BCUT2D eigenvalue weighted by molar-refractivity contribution is 6.32. The lowest BCUT2D eigenvalue weighted by Crippen LogP contribution is -2.13. The molecule has 0 radical (unpaired) electrons. The van der Waals surface area contributed by atoms with Gasteiger partial charge in [-0.05, 0) is 12.1 Å². The maximum absolute atomic E-state index is 6.27. The third kappa shape index (κ3) is 2.04. The van der Waals surface area contributed by atoms with Crippen LogP contribution in [0.3, 0.4) is 0 Å². The zero-order valence-electron chi connectivity index (χ0n) is 11.6. The summed E-state index contributed by atoms with van der Waals surface area (Å²) >= 11 is 6.27. The minimum Gasteiger partial charge on any atom is -0.382 e. The van der Waals surface area contributed by atoms with Crippen molar-refractivity contribution < 1.29 is 0 Å². The number of imidazole rings is 1. The number of aromatic nitrogens is 4. The number of benzene rings is 1. The molecule has 3 aromatic rings. The number of anilines is 1. The number of rotatable bonds is 1. The molecule has 3 rings (SSSR count). The van der Waals surface area contributed by atoms with Crippen LogP contribution in [-0.2, 0) is 5.41 Å². The second-order valence-electron chi connectivity index (χ2n) is 5.87. The van der Waals surface area contributed by atoms with E-state index in [2.05, 4.69) is 40.9 Å². The van der Waals surface area contributed by atoms with Crippen LogP contribution in [0.4, 0.5) is 5.82 Å². The Labute approximate surface area is 121 Å². The van der Waals surface area contributed by atoms with Gasteiger partial charge in [0.15, 0.2) is 5.82 Å². The largest absolute Gasteiger partial charge is 0.382 e. The number of aromatic amines is 2. The molecule has 2 aromatic heterocycles. The normalized spacial score (nSPS) is 12.2. The number of halogens is 1. The first-order valence-corrected chi connectivity index (χ1v) is 6.74. The molecular weight excluding hydrogens is 274 g/mol. The van der Waals surface area contributed by atoms with Crippen molar-refractivity contribution in [3.8, 4) is 11.3 Å². The number of nitrogens with one attached hydrogen (secondary N) is 2. The highest BCUT2D eigenvalue weighted by atomic mass is 35.5. The molecule has 0 aliphatic rings. The van der Waals surface area contributed by atoms with Crippen molar-refractivity contribution in [1.82, 2.24) is 20.2 Å². The summed E-state index contributed by atoms with van der Waals surface area (Å²) in [5.74, 6) is 1.36. The molecule has 0 unspecified atom stereocenters. The highest BCUT2D eigenvalue weighted by Gasteiger charge is 2.21. The summed E-state index contributed by atoms with van der Waals surface area (Å²) in [5, 5.41) is 8.33. The van der Waals surface area contributed by atoms with Crippen molar-refractivity contribution in [2.24, 2.45) is 0 Å². The van der Waals surface area contributed by atoms with E-state index in [1.54, 1.807) is 0 Å². The molecule has 1 aromatic carbocycles. The van der Waals surface area contributed by atoms with Crippen LogP contribution in [0.15, 0.2) is 18.2 Å². The molecule has 0 saturated heterocycles. The first kappa shape index (κ1) is 13.0. The molecule has 0 spiro atoms. The van der Waals surface area contributed by atoms with Gasteiger partial charge in [0, 0.05) is 16.4 Å². The van der Waals surface area contributed by atoms with Gasteiger partial charge >= 0.3 is 0 Å². The van der Waals surface area contributed by atoms with E-state index in [0.29, 0.717) is 11.0 Å².